The highest BCUT2D eigenvalue weighted by molar-refractivity contribution is 6.10. The van der Waals surface area contributed by atoms with E-state index in [0.717, 1.165) is 34.2 Å². The zero-order valence-corrected chi connectivity index (χ0v) is 22.6. The van der Waals surface area contributed by atoms with E-state index in [0.29, 0.717) is 18.5 Å². The Labute approximate surface area is 233 Å². The molecule has 0 saturated carbocycles. The van der Waals surface area contributed by atoms with Crippen LogP contribution < -0.4 is 5.32 Å². The first kappa shape index (κ1) is 26.0. The van der Waals surface area contributed by atoms with Crippen molar-refractivity contribution < 1.29 is 23.9 Å². The van der Waals surface area contributed by atoms with Crippen LogP contribution in [0.4, 0.5) is 5.69 Å². The van der Waals surface area contributed by atoms with Crippen LogP contribution in [0.2, 0.25) is 0 Å². The lowest BCUT2D eigenvalue weighted by molar-refractivity contribution is -0.160. The van der Waals surface area contributed by atoms with Gasteiger partial charge in [-0.15, -0.1) is 0 Å². The first-order valence-electron chi connectivity index (χ1n) is 14.0. The highest BCUT2D eigenvalue weighted by atomic mass is 16.5. The van der Waals surface area contributed by atoms with Crippen molar-refractivity contribution in [2.75, 3.05) is 11.9 Å². The Hall–Kier alpha value is -4.26. The third kappa shape index (κ3) is 4.21. The number of imide groups is 1. The number of amides is 3. The minimum atomic E-state index is -1.07. The molecule has 7 heteroatoms. The van der Waals surface area contributed by atoms with E-state index in [-0.39, 0.29) is 23.7 Å². The number of rotatable bonds is 8. The number of nitrogens with one attached hydrogen (secondary N) is 1. The number of carbonyl (C=O) groups excluding carboxylic acids is 4. The molecule has 4 aliphatic rings. The number of anilines is 1. The van der Waals surface area contributed by atoms with Crippen LogP contribution in [0.25, 0.3) is 0 Å². The van der Waals surface area contributed by atoms with Gasteiger partial charge in [-0.25, -0.2) is 4.79 Å². The lowest BCUT2D eigenvalue weighted by atomic mass is 9.55. The van der Waals surface area contributed by atoms with Crippen LogP contribution in [0.15, 0.2) is 72.8 Å². The van der Waals surface area contributed by atoms with Gasteiger partial charge in [-0.3, -0.25) is 19.3 Å². The first-order chi connectivity index (χ1) is 19.4. The van der Waals surface area contributed by atoms with Crippen LogP contribution in [0.1, 0.15) is 65.8 Å². The van der Waals surface area contributed by atoms with E-state index in [4.69, 9.17) is 4.74 Å². The second kappa shape index (κ2) is 10.4. The Morgan fingerprint density at radius 2 is 1.32 bits per heavy atom. The summed E-state index contributed by atoms with van der Waals surface area (Å²) in [5.74, 6) is -3.47. The summed E-state index contributed by atoms with van der Waals surface area (Å²) in [5, 5.41) is 2.71. The minimum absolute atomic E-state index is 0.244. The Morgan fingerprint density at radius 3 is 1.80 bits per heavy atom. The van der Waals surface area contributed by atoms with E-state index in [2.05, 4.69) is 29.6 Å². The number of ether oxygens (including phenoxy) is 1. The van der Waals surface area contributed by atoms with E-state index >= 15 is 0 Å². The molecule has 0 radical (unpaired) electrons. The van der Waals surface area contributed by atoms with Crippen molar-refractivity contribution in [3.8, 4) is 0 Å². The Bertz CT molecular complexity index is 1380. The van der Waals surface area contributed by atoms with E-state index in [1.807, 2.05) is 50.2 Å². The van der Waals surface area contributed by atoms with Crippen molar-refractivity contribution in [2.45, 2.75) is 51.0 Å². The molecule has 204 valence electrons. The van der Waals surface area contributed by atoms with Crippen LogP contribution >= 0.6 is 0 Å². The van der Waals surface area contributed by atoms with Gasteiger partial charge in [-0.1, -0.05) is 86.0 Å². The average molecular weight is 537 g/mol. The topological polar surface area (TPSA) is 92.8 Å². The fourth-order valence-corrected chi connectivity index (χ4v) is 6.82. The second-order valence-corrected chi connectivity index (χ2v) is 11.0. The van der Waals surface area contributed by atoms with Gasteiger partial charge in [0.25, 0.3) is 5.91 Å². The summed E-state index contributed by atoms with van der Waals surface area (Å²) >= 11 is 0. The maximum Gasteiger partial charge on any atom is 0.329 e. The van der Waals surface area contributed by atoms with Crippen LogP contribution in [-0.2, 0) is 23.9 Å². The lowest BCUT2D eigenvalue weighted by Crippen LogP contribution is -2.47. The molecule has 1 aliphatic heterocycles. The van der Waals surface area contributed by atoms with Gasteiger partial charge in [0.05, 0.1) is 11.8 Å². The van der Waals surface area contributed by atoms with Crippen molar-refractivity contribution in [1.29, 1.82) is 0 Å². The number of esters is 1. The van der Waals surface area contributed by atoms with Gasteiger partial charge in [-0.05, 0) is 47.7 Å². The summed E-state index contributed by atoms with van der Waals surface area (Å²) in [4.78, 5) is 55.3. The van der Waals surface area contributed by atoms with Crippen LogP contribution in [0, 0.1) is 18.8 Å². The van der Waals surface area contributed by atoms with E-state index in [1.165, 1.54) is 4.90 Å². The summed E-state index contributed by atoms with van der Waals surface area (Å²) < 4.78 is 5.42. The molecule has 1 saturated heterocycles. The summed E-state index contributed by atoms with van der Waals surface area (Å²) in [5.41, 5.74) is 5.97. The molecule has 1 fully saturated rings. The van der Waals surface area contributed by atoms with E-state index in [9.17, 15) is 19.2 Å². The quantitative estimate of drug-likeness (QED) is 0.326. The number of likely N-dealkylation sites (tertiary alicyclic amines) is 1. The third-order valence-electron chi connectivity index (χ3n) is 8.58. The average Bonchev–Trinajstić information content (AvgIpc) is 3.23. The maximum atomic E-state index is 14.1. The fourth-order valence-electron chi connectivity index (χ4n) is 6.82. The number of nitrogens with zero attached hydrogens (tertiary/aromatic N) is 1. The molecule has 3 aromatic carbocycles. The van der Waals surface area contributed by atoms with Crippen LogP contribution in [0.3, 0.4) is 0 Å². The Balaban J connectivity index is 1.26. The Morgan fingerprint density at radius 1 is 0.825 bits per heavy atom. The van der Waals surface area contributed by atoms with Gasteiger partial charge in [0.1, 0.15) is 6.04 Å². The van der Waals surface area contributed by atoms with E-state index < -0.39 is 36.4 Å². The molecule has 1 N–H and O–H groups in total. The standard InChI is InChI=1S/C33H32N2O5/c1-3-4-13-25(33(39)40-18-26(36)34-20-16-14-19(2)15-17-20)35-31(37)29-27-21-9-5-6-10-22(21)28(30(29)32(35)38)24-12-8-7-11-23(24)27/h5-12,14-17,25,27-30H,3-4,13,18H2,1-2H3,(H,34,36)/t25-,27?,28?,29-,30+/m1/s1. The molecule has 3 atom stereocenters. The van der Waals surface area contributed by atoms with Crippen molar-refractivity contribution in [1.82, 2.24) is 4.90 Å². The largest absolute Gasteiger partial charge is 0.454 e. The molecule has 3 amide bonds. The van der Waals surface area contributed by atoms with Gasteiger partial charge in [-0.2, -0.15) is 0 Å². The number of benzene rings is 3. The minimum Gasteiger partial charge on any atom is -0.454 e. The molecule has 7 rings (SSSR count). The first-order valence-corrected chi connectivity index (χ1v) is 14.0. The van der Waals surface area contributed by atoms with E-state index in [1.54, 1.807) is 12.1 Å². The summed E-state index contributed by atoms with van der Waals surface area (Å²) in [6.07, 6.45) is 1.71. The maximum absolute atomic E-state index is 14.1. The molecule has 7 nitrogen and oxygen atoms in total. The fraction of sp³-hybridized carbons (Fsp3) is 0.333. The highest BCUT2D eigenvalue weighted by Gasteiger charge is 2.63. The van der Waals surface area contributed by atoms with Gasteiger partial charge in [0, 0.05) is 17.5 Å². The van der Waals surface area contributed by atoms with Crippen molar-refractivity contribution in [3.05, 3.63) is 101 Å². The number of hydrogen-bond donors (Lipinski definition) is 1. The summed E-state index contributed by atoms with van der Waals surface area (Å²) in [6, 6.07) is 22.3. The number of aryl methyl sites for hydroxylation is 1. The number of unbranched alkanes of at least 4 members (excludes halogenated alkanes) is 1. The normalized spacial score (nSPS) is 22.8. The molecule has 2 bridgehead atoms. The van der Waals surface area contributed by atoms with Crippen LogP contribution in [-0.4, -0.2) is 41.2 Å². The zero-order valence-electron chi connectivity index (χ0n) is 22.6. The summed E-state index contributed by atoms with van der Waals surface area (Å²) in [7, 11) is 0. The molecule has 3 aliphatic carbocycles. The van der Waals surface area contributed by atoms with Crippen molar-refractivity contribution >= 4 is 29.4 Å². The zero-order chi connectivity index (χ0) is 28.0. The Kier molecular flexibility index (Phi) is 6.74. The molecule has 40 heavy (non-hydrogen) atoms. The number of carbonyl (C=O) groups is 4. The smallest absolute Gasteiger partial charge is 0.329 e. The van der Waals surface area contributed by atoms with Crippen LogP contribution in [0.5, 0.6) is 0 Å². The predicted octanol–water partition coefficient (Wildman–Crippen LogP) is 4.93. The lowest BCUT2D eigenvalue weighted by Gasteiger charge is -2.45. The predicted molar refractivity (Wildman–Crippen MR) is 149 cm³/mol. The van der Waals surface area contributed by atoms with Gasteiger partial charge in [0.2, 0.25) is 11.8 Å². The molecule has 0 spiro atoms. The van der Waals surface area contributed by atoms with Crippen molar-refractivity contribution in [3.63, 3.8) is 0 Å². The molecule has 0 unspecified atom stereocenters. The van der Waals surface area contributed by atoms with Gasteiger partial charge >= 0.3 is 5.97 Å². The van der Waals surface area contributed by atoms with Gasteiger partial charge in [0.15, 0.2) is 6.61 Å². The second-order valence-electron chi connectivity index (χ2n) is 11.0. The van der Waals surface area contributed by atoms with Gasteiger partial charge < -0.3 is 10.1 Å². The molecule has 3 aromatic rings. The summed E-state index contributed by atoms with van der Waals surface area (Å²) in [6.45, 7) is 3.43. The highest BCUT2D eigenvalue weighted by Crippen LogP contribution is 2.61. The molecular formula is C33H32N2O5. The molecule has 1 heterocycles. The molecular weight excluding hydrogens is 504 g/mol. The third-order valence-corrected chi connectivity index (χ3v) is 8.58. The monoisotopic (exact) mass is 536 g/mol. The number of hydrogen-bond acceptors (Lipinski definition) is 5. The SMILES string of the molecule is CCCC[C@H](C(=O)OCC(=O)Nc1ccc(C)cc1)N1C(=O)[C@@H]2C3c4ccccc4C(c4ccccc43)[C@@H]2C1=O. The molecule has 0 aromatic heterocycles. The van der Waals surface area contributed by atoms with Crippen molar-refractivity contribution in [2.24, 2.45) is 11.8 Å².